The zero-order valence-electron chi connectivity index (χ0n) is 14.1. The lowest BCUT2D eigenvalue weighted by Crippen LogP contribution is -2.45. The Kier molecular flexibility index (Phi) is 4.83. The zero-order chi connectivity index (χ0) is 17.3. The minimum absolute atomic E-state index is 0.0198. The van der Waals surface area contributed by atoms with Gasteiger partial charge in [-0.1, -0.05) is 6.07 Å². The summed E-state index contributed by atoms with van der Waals surface area (Å²) < 4.78 is 5.99. The van der Waals surface area contributed by atoms with Crippen LogP contribution < -0.4 is 0 Å². The van der Waals surface area contributed by atoms with Gasteiger partial charge in [0.1, 0.15) is 6.10 Å². The molecule has 3 rings (SSSR count). The molecular formula is C19H21NO3S. The molecule has 1 saturated heterocycles. The third-order valence-corrected chi connectivity index (χ3v) is 5.03. The summed E-state index contributed by atoms with van der Waals surface area (Å²) in [5.41, 5.74) is 3.17. The first kappa shape index (κ1) is 16.9. The molecule has 24 heavy (non-hydrogen) atoms. The van der Waals surface area contributed by atoms with Crippen LogP contribution in [-0.4, -0.2) is 35.8 Å². The number of ether oxygens (including phenoxy) is 1. The van der Waals surface area contributed by atoms with E-state index in [4.69, 9.17) is 4.74 Å². The minimum Gasteiger partial charge on any atom is -0.367 e. The molecule has 1 amide bonds. The normalized spacial score (nSPS) is 20.9. The molecule has 0 radical (unpaired) electrons. The molecule has 0 spiro atoms. The molecule has 2 heterocycles. The Morgan fingerprint density at radius 3 is 2.71 bits per heavy atom. The molecule has 0 saturated carbocycles. The number of hydrogen-bond donors (Lipinski definition) is 0. The average Bonchev–Trinajstić information content (AvgIpc) is 3.08. The van der Waals surface area contributed by atoms with E-state index in [1.807, 2.05) is 36.3 Å². The van der Waals surface area contributed by atoms with Crippen LogP contribution in [-0.2, 0) is 4.74 Å². The number of nitrogens with zero attached hydrogens (tertiary/aromatic N) is 1. The van der Waals surface area contributed by atoms with Crippen LogP contribution in [0.5, 0.6) is 0 Å². The van der Waals surface area contributed by atoms with Gasteiger partial charge in [0.05, 0.1) is 12.6 Å². The molecule has 5 heteroatoms. The van der Waals surface area contributed by atoms with Crippen LogP contribution in [0.25, 0.3) is 0 Å². The van der Waals surface area contributed by atoms with E-state index >= 15 is 0 Å². The van der Waals surface area contributed by atoms with E-state index in [2.05, 4.69) is 5.38 Å². The maximum absolute atomic E-state index is 12.9. The second-order valence-electron chi connectivity index (χ2n) is 6.29. The van der Waals surface area contributed by atoms with Crippen molar-refractivity contribution in [2.45, 2.75) is 33.0 Å². The molecule has 1 aromatic carbocycles. The molecule has 0 unspecified atom stereocenters. The first-order valence-corrected chi connectivity index (χ1v) is 8.98. The number of hydrogen-bond acceptors (Lipinski definition) is 4. The van der Waals surface area contributed by atoms with Crippen LogP contribution in [0.15, 0.2) is 35.0 Å². The van der Waals surface area contributed by atoms with Crippen molar-refractivity contribution in [2.24, 2.45) is 0 Å². The molecule has 126 valence electrons. The van der Waals surface area contributed by atoms with Gasteiger partial charge in [-0.2, -0.15) is 11.3 Å². The first-order chi connectivity index (χ1) is 11.5. The smallest absolute Gasteiger partial charge is 0.254 e. The Balaban J connectivity index is 1.84. The highest BCUT2D eigenvalue weighted by Crippen LogP contribution is 2.28. The van der Waals surface area contributed by atoms with Crippen molar-refractivity contribution in [3.8, 4) is 0 Å². The van der Waals surface area contributed by atoms with Crippen LogP contribution in [0, 0.1) is 6.92 Å². The third kappa shape index (κ3) is 3.42. The molecule has 0 N–H and O–H groups in total. The van der Waals surface area contributed by atoms with E-state index < -0.39 is 0 Å². The Labute approximate surface area is 146 Å². The molecule has 0 aliphatic carbocycles. The SMILES string of the molecule is CC(=O)c1cc(C(=O)N2C[C@@H](C)O[C@H](c3ccsc3)C2)ccc1C. The molecule has 1 fully saturated rings. The second kappa shape index (κ2) is 6.87. The summed E-state index contributed by atoms with van der Waals surface area (Å²) in [6.07, 6.45) is -0.119. The third-order valence-electron chi connectivity index (χ3n) is 4.33. The van der Waals surface area contributed by atoms with E-state index in [1.165, 1.54) is 6.92 Å². The highest BCUT2D eigenvalue weighted by molar-refractivity contribution is 7.07. The Morgan fingerprint density at radius 1 is 1.25 bits per heavy atom. The Morgan fingerprint density at radius 2 is 2.04 bits per heavy atom. The van der Waals surface area contributed by atoms with E-state index in [0.29, 0.717) is 24.2 Å². The molecule has 1 aromatic heterocycles. The average molecular weight is 343 g/mol. The predicted octanol–water partition coefficient (Wildman–Crippen LogP) is 3.86. The standard InChI is InChI=1S/C19H21NO3S/c1-12-4-5-15(8-17(12)14(3)21)19(22)20-9-13(2)23-18(10-20)16-6-7-24-11-16/h4-8,11,13,18H,9-10H2,1-3H3/t13-,18+/m1/s1. The highest BCUT2D eigenvalue weighted by atomic mass is 32.1. The summed E-state index contributed by atoms with van der Waals surface area (Å²) >= 11 is 1.63. The number of ketones is 1. The minimum atomic E-state index is -0.0957. The van der Waals surface area contributed by atoms with Crippen LogP contribution >= 0.6 is 11.3 Å². The van der Waals surface area contributed by atoms with Crippen molar-refractivity contribution >= 4 is 23.0 Å². The van der Waals surface area contributed by atoms with Gasteiger partial charge < -0.3 is 9.64 Å². The predicted molar refractivity (Wildman–Crippen MR) is 94.7 cm³/mol. The van der Waals surface area contributed by atoms with Gasteiger partial charge in [0.15, 0.2) is 5.78 Å². The van der Waals surface area contributed by atoms with Gasteiger partial charge in [0.2, 0.25) is 0 Å². The summed E-state index contributed by atoms with van der Waals surface area (Å²) in [4.78, 5) is 26.5. The fraction of sp³-hybridized carbons (Fsp3) is 0.368. The Bertz CT molecular complexity index is 754. The lowest BCUT2D eigenvalue weighted by atomic mass is 10.0. The fourth-order valence-electron chi connectivity index (χ4n) is 3.08. The second-order valence-corrected chi connectivity index (χ2v) is 7.07. The first-order valence-electron chi connectivity index (χ1n) is 8.04. The lowest BCUT2D eigenvalue weighted by molar-refractivity contribution is -0.0690. The molecule has 1 aliphatic heterocycles. The summed E-state index contributed by atoms with van der Waals surface area (Å²) in [6.45, 7) is 6.48. The van der Waals surface area contributed by atoms with Crippen LogP contribution in [0.1, 0.15) is 51.8 Å². The fourth-order valence-corrected chi connectivity index (χ4v) is 3.78. The Hall–Kier alpha value is -1.98. The van der Waals surface area contributed by atoms with Crippen molar-refractivity contribution in [3.05, 3.63) is 57.3 Å². The quantitative estimate of drug-likeness (QED) is 0.795. The van der Waals surface area contributed by atoms with Crippen LogP contribution in [0.2, 0.25) is 0 Å². The van der Waals surface area contributed by atoms with Crippen molar-refractivity contribution in [2.75, 3.05) is 13.1 Å². The van der Waals surface area contributed by atoms with Crippen molar-refractivity contribution < 1.29 is 14.3 Å². The number of aryl methyl sites for hydroxylation is 1. The summed E-state index contributed by atoms with van der Waals surface area (Å²) in [5.74, 6) is -0.0680. The summed E-state index contributed by atoms with van der Waals surface area (Å²) in [5, 5.41) is 4.08. The molecule has 0 bridgehead atoms. The molecule has 1 aliphatic rings. The van der Waals surface area contributed by atoms with Gasteiger partial charge in [-0.15, -0.1) is 0 Å². The zero-order valence-corrected chi connectivity index (χ0v) is 14.9. The van der Waals surface area contributed by atoms with E-state index in [1.54, 1.807) is 23.5 Å². The van der Waals surface area contributed by atoms with E-state index in [9.17, 15) is 9.59 Å². The van der Waals surface area contributed by atoms with Gasteiger partial charge in [-0.05, 0) is 60.9 Å². The number of rotatable bonds is 3. The van der Waals surface area contributed by atoms with Crippen LogP contribution in [0.3, 0.4) is 0 Å². The molecule has 2 aromatic rings. The maximum Gasteiger partial charge on any atom is 0.254 e. The largest absolute Gasteiger partial charge is 0.367 e. The van der Waals surface area contributed by atoms with Crippen molar-refractivity contribution in [1.29, 1.82) is 0 Å². The van der Waals surface area contributed by atoms with Gasteiger partial charge >= 0.3 is 0 Å². The van der Waals surface area contributed by atoms with Gasteiger partial charge in [-0.3, -0.25) is 9.59 Å². The van der Waals surface area contributed by atoms with Crippen LogP contribution in [0.4, 0.5) is 0 Å². The monoisotopic (exact) mass is 343 g/mol. The number of amides is 1. The van der Waals surface area contributed by atoms with Crippen molar-refractivity contribution in [1.82, 2.24) is 4.90 Å². The molecule has 2 atom stereocenters. The topological polar surface area (TPSA) is 46.6 Å². The van der Waals surface area contributed by atoms with Gasteiger partial charge in [0, 0.05) is 17.7 Å². The maximum atomic E-state index is 12.9. The summed E-state index contributed by atoms with van der Waals surface area (Å²) in [6, 6.07) is 7.38. The molecule has 4 nitrogen and oxygen atoms in total. The van der Waals surface area contributed by atoms with Crippen molar-refractivity contribution in [3.63, 3.8) is 0 Å². The number of Topliss-reactive ketones (excluding diaryl/α,β-unsaturated/α-hetero) is 1. The number of carbonyl (C=O) groups excluding carboxylic acids is 2. The lowest BCUT2D eigenvalue weighted by Gasteiger charge is -2.36. The number of carbonyl (C=O) groups is 2. The van der Waals surface area contributed by atoms with E-state index in [-0.39, 0.29) is 23.9 Å². The van der Waals surface area contributed by atoms with E-state index in [0.717, 1.165) is 11.1 Å². The van der Waals surface area contributed by atoms with Gasteiger partial charge in [-0.25, -0.2) is 0 Å². The summed E-state index contributed by atoms with van der Waals surface area (Å²) in [7, 11) is 0. The number of thiophene rings is 1. The highest BCUT2D eigenvalue weighted by Gasteiger charge is 2.30. The number of benzene rings is 1. The number of morpholine rings is 1. The van der Waals surface area contributed by atoms with Gasteiger partial charge in [0.25, 0.3) is 5.91 Å². The molecular weight excluding hydrogens is 322 g/mol.